The maximum Gasteiger partial charge on any atom is 0.387 e. The molecule has 0 saturated carbocycles. The van der Waals surface area contributed by atoms with E-state index in [1.54, 1.807) is 18.2 Å². The van der Waals surface area contributed by atoms with Gasteiger partial charge in [0, 0.05) is 11.6 Å². The summed E-state index contributed by atoms with van der Waals surface area (Å²) in [7, 11) is -3.17. The third kappa shape index (κ3) is 3.87. The first-order chi connectivity index (χ1) is 8.98. The Hall–Kier alpha value is -1.21. The summed E-state index contributed by atoms with van der Waals surface area (Å²) >= 11 is 0. The number of nitrogens with one attached hydrogen (secondary N) is 1. The zero-order valence-corrected chi connectivity index (χ0v) is 11.0. The lowest BCUT2D eigenvalue weighted by molar-refractivity contribution is -0.0506. The van der Waals surface area contributed by atoms with Crippen LogP contribution in [0.15, 0.2) is 24.3 Å². The van der Waals surface area contributed by atoms with E-state index >= 15 is 0 Å². The van der Waals surface area contributed by atoms with Gasteiger partial charge >= 0.3 is 6.61 Å². The average molecular weight is 291 g/mol. The summed E-state index contributed by atoms with van der Waals surface area (Å²) in [5.41, 5.74) is 0.452. The average Bonchev–Trinajstić information content (AvgIpc) is 2.50. The molecule has 1 saturated heterocycles. The van der Waals surface area contributed by atoms with Crippen molar-refractivity contribution in [3.05, 3.63) is 29.8 Å². The molecule has 106 valence electrons. The van der Waals surface area contributed by atoms with Gasteiger partial charge in [0.25, 0.3) is 0 Å². The second-order valence-electron chi connectivity index (χ2n) is 4.39. The molecule has 1 aliphatic rings. The normalized spacial score (nSPS) is 23.0. The molecule has 1 N–H and O–H groups in total. The van der Waals surface area contributed by atoms with E-state index in [-0.39, 0.29) is 17.3 Å². The van der Waals surface area contributed by atoms with Gasteiger partial charge in [0.2, 0.25) is 0 Å². The highest BCUT2D eigenvalue weighted by molar-refractivity contribution is 7.91. The van der Waals surface area contributed by atoms with Gasteiger partial charge in [-0.05, 0) is 19.0 Å². The van der Waals surface area contributed by atoms with Gasteiger partial charge in [0.05, 0.1) is 11.5 Å². The Balaban J connectivity index is 2.29. The van der Waals surface area contributed by atoms with Crippen molar-refractivity contribution in [1.82, 2.24) is 5.32 Å². The highest BCUT2D eigenvalue weighted by Gasteiger charge is 2.26. The van der Waals surface area contributed by atoms with Crippen LogP contribution in [0, 0.1) is 0 Å². The Morgan fingerprint density at radius 2 is 2.05 bits per heavy atom. The number of para-hydroxylation sites is 1. The van der Waals surface area contributed by atoms with Crippen molar-refractivity contribution in [1.29, 1.82) is 0 Å². The van der Waals surface area contributed by atoms with Crippen LogP contribution in [0.5, 0.6) is 5.75 Å². The quantitative estimate of drug-likeness (QED) is 0.921. The van der Waals surface area contributed by atoms with Gasteiger partial charge in [-0.1, -0.05) is 18.2 Å². The summed E-state index contributed by atoms with van der Waals surface area (Å²) in [6.07, 6.45) is 0.525. The molecule has 0 amide bonds. The number of sulfone groups is 1. The lowest BCUT2D eigenvalue weighted by Gasteiger charge is -2.19. The maximum absolute atomic E-state index is 12.3. The van der Waals surface area contributed by atoms with Gasteiger partial charge in [-0.3, -0.25) is 0 Å². The summed E-state index contributed by atoms with van der Waals surface area (Å²) in [5.74, 6) is 0.0393. The predicted octanol–water partition coefficient (Wildman–Crippen LogP) is 1.74. The first-order valence-corrected chi connectivity index (χ1v) is 7.77. The molecule has 1 aromatic carbocycles. The topological polar surface area (TPSA) is 55.4 Å². The van der Waals surface area contributed by atoms with Crippen LogP contribution in [-0.2, 0) is 9.84 Å². The van der Waals surface area contributed by atoms with E-state index in [4.69, 9.17) is 0 Å². The van der Waals surface area contributed by atoms with Crippen LogP contribution < -0.4 is 10.1 Å². The molecule has 1 heterocycles. The van der Waals surface area contributed by atoms with Gasteiger partial charge in [0.1, 0.15) is 5.75 Å². The molecule has 0 aliphatic carbocycles. The van der Waals surface area contributed by atoms with E-state index in [2.05, 4.69) is 10.1 Å². The zero-order chi connectivity index (χ0) is 13.9. The van der Waals surface area contributed by atoms with E-state index in [1.165, 1.54) is 6.07 Å². The molecule has 1 aliphatic heterocycles. The van der Waals surface area contributed by atoms with Crippen molar-refractivity contribution in [2.45, 2.75) is 19.1 Å². The molecule has 0 radical (unpaired) electrons. The van der Waals surface area contributed by atoms with E-state index in [1.807, 2.05) is 0 Å². The number of rotatable bonds is 3. The molecule has 1 unspecified atom stereocenters. The van der Waals surface area contributed by atoms with Gasteiger partial charge in [-0.25, -0.2) is 8.42 Å². The SMILES string of the molecule is O=S1(=O)CCCNC(c2ccccc2OC(F)F)C1. The second kappa shape index (κ2) is 5.83. The number of benzene rings is 1. The van der Waals surface area contributed by atoms with Crippen molar-refractivity contribution in [2.24, 2.45) is 0 Å². The fourth-order valence-corrected chi connectivity index (χ4v) is 3.69. The van der Waals surface area contributed by atoms with Gasteiger partial charge < -0.3 is 10.1 Å². The summed E-state index contributed by atoms with van der Waals surface area (Å²) in [6, 6.07) is 5.76. The summed E-state index contributed by atoms with van der Waals surface area (Å²) in [5, 5.41) is 3.06. The van der Waals surface area contributed by atoms with Gasteiger partial charge in [0.15, 0.2) is 9.84 Å². The van der Waals surface area contributed by atoms with Gasteiger partial charge in [-0.2, -0.15) is 8.78 Å². The van der Waals surface area contributed by atoms with Crippen LogP contribution in [0.3, 0.4) is 0 Å². The summed E-state index contributed by atoms with van der Waals surface area (Å²) in [4.78, 5) is 0. The lowest BCUT2D eigenvalue weighted by Crippen LogP contribution is -2.26. The minimum Gasteiger partial charge on any atom is -0.434 e. The first-order valence-electron chi connectivity index (χ1n) is 5.95. The number of halogens is 2. The molecular formula is C12H15F2NO3S. The number of alkyl halides is 2. The highest BCUT2D eigenvalue weighted by atomic mass is 32.2. The smallest absolute Gasteiger partial charge is 0.387 e. The summed E-state index contributed by atoms with van der Waals surface area (Å²) < 4.78 is 52.6. The molecular weight excluding hydrogens is 276 g/mol. The minimum atomic E-state index is -3.17. The molecule has 19 heavy (non-hydrogen) atoms. The lowest BCUT2D eigenvalue weighted by atomic mass is 10.1. The Morgan fingerprint density at radius 3 is 2.79 bits per heavy atom. The van der Waals surface area contributed by atoms with E-state index < -0.39 is 22.5 Å². The van der Waals surface area contributed by atoms with Crippen LogP contribution in [0.4, 0.5) is 8.78 Å². The highest BCUT2D eigenvalue weighted by Crippen LogP contribution is 2.28. The molecule has 7 heteroatoms. The molecule has 2 rings (SSSR count). The Morgan fingerprint density at radius 1 is 1.32 bits per heavy atom. The Bertz CT molecular complexity index is 534. The maximum atomic E-state index is 12.3. The molecule has 1 atom stereocenters. The molecule has 0 spiro atoms. The number of hydrogen-bond acceptors (Lipinski definition) is 4. The van der Waals surface area contributed by atoms with Crippen LogP contribution in [-0.4, -0.2) is 33.1 Å². The molecule has 4 nitrogen and oxygen atoms in total. The summed E-state index contributed by atoms with van der Waals surface area (Å²) in [6.45, 7) is -2.39. The van der Waals surface area contributed by atoms with Crippen molar-refractivity contribution < 1.29 is 21.9 Å². The molecule has 1 aromatic rings. The van der Waals surface area contributed by atoms with Crippen molar-refractivity contribution >= 4 is 9.84 Å². The number of hydrogen-bond donors (Lipinski definition) is 1. The van der Waals surface area contributed by atoms with E-state index in [9.17, 15) is 17.2 Å². The molecule has 0 bridgehead atoms. The van der Waals surface area contributed by atoms with Gasteiger partial charge in [-0.15, -0.1) is 0 Å². The third-order valence-electron chi connectivity index (χ3n) is 2.95. The fraction of sp³-hybridized carbons (Fsp3) is 0.500. The van der Waals surface area contributed by atoms with Crippen molar-refractivity contribution in [3.8, 4) is 5.75 Å². The monoisotopic (exact) mass is 291 g/mol. The minimum absolute atomic E-state index is 0.0205. The van der Waals surface area contributed by atoms with Crippen LogP contribution in [0.1, 0.15) is 18.0 Å². The number of ether oxygens (including phenoxy) is 1. The van der Waals surface area contributed by atoms with Crippen molar-refractivity contribution in [3.63, 3.8) is 0 Å². The van der Waals surface area contributed by atoms with Crippen LogP contribution in [0.25, 0.3) is 0 Å². The van der Waals surface area contributed by atoms with Crippen LogP contribution >= 0.6 is 0 Å². The van der Waals surface area contributed by atoms with Crippen LogP contribution in [0.2, 0.25) is 0 Å². The molecule has 1 fully saturated rings. The first kappa shape index (κ1) is 14.2. The molecule has 0 aromatic heterocycles. The van der Waals surface area contributed by atoms with Crippen molar-refractivity contribution in [2.75, 3.05) is 18.1 Å². The largest absolute Gasteiger partial charge is 0.434 e. The second-order valence-corrected chi connectivity index (χ2v) is 6.62. The predicted molar refractivity (Wildman–Crippen MR) is 67.1 cm³/mol. The Labute approximate surface area is 110 Å². The van der Waals surface area contributed by atoms with E-state index in [0.29, 0.717) is 18.5 Å². The Kier molecular flexibility index (Phi) is 4.36. The fourth-order valence-electron chi connectivity index (χ4n) is 2.14. The standard InChI is InChI=1S/C12H15F2NO3S/c13-12(14)18-11-5-2-1-4-9(11)10-8-19(16,17)7-3-6-15-10/h1-2,4-5,10,12,15H,3,6-8H2. The van der Waals surface area contributed by atoms with E-state index in [0.717, 1.165) is 0 Å². The zero-order valence-electron chi connectivity index (χ0n) is 10.2. The third-order valence-corrected chi connectivity index (χ3v) is 4.71.